The topological polar surface area (TPSA) is 12.0 Å². The first-order valence-corrected chi connectivity index (χ1v) is 5.85. The molecule has 0 aromatic heterocycles. The number of hydrogen-bond acceptors (Lipinski definition) is 2. The molecule has 86 valence electrons. The molecule has 0 aromatic rings. The molecule has 0 aromatic carbocycles. The van der Waals surface area contributed by atoms with Crippen molar-refractivity contribution in [1.29, 1.82) is 0 Å². The largest absolute Gasteiger partial charge is 0.441 e. The number of alkyl halides is 3. The van der Waals surface area contributed by atoms with E-state index < -0.39 is 5.51 Å². The third-order valence-corrected chi connectivity index (χ3v) is 2.55. The van der Waals surface area contributed by atoms with Crippen molar-refractivity contribution in [1.82, 2.24) is 5.32 Å². The molecule has 0 amide bonds. The van der Waals surface area contributed by atoms with Crippen LogP contribution in [-0.4, -0.2) is 24.4 Å². The number of rotatable bonds is 7. The molecule has 0 radical (unpaired) electrons. The van der Waals surface area contributed by atoms with E-state index in [0.717, 1.165) is 19.4 Å². The predicted octanol–water partition coefficient (Wildman–Crippen LogP) is 3.27. The molecule has 1 unspecified atom stereocenters. The summed E-state index contributed by atoms with van der Waals surface area (Å²) in [5.74, 6) is 0.651. The summed E-state index contributed by atoms with van der Waals surface area (Å²) >= 11 is 0.0361. The van der Waals surface area contributed by atoms with Crippen LogP contribution in [0.25, 0.3) is 0 Å². The second-order valence-corrected chi connectivity index (χ2v) is 4.55. The van der Waals surface area contributed by atoms with Crippen molar-refractivity contribution in [3.05, 3.63) is 0 Å². The maximum absolute atomic E-state index is 11.7. The summed E-state index contributed by atoms with van der Waals surface area (Å²) in [5.41, 5.74) is -4.09. The van der Waals surface area contributed by atoms with E-state index in [-0.39, 0.29) is 17.5 Å². The first kappa shape index (κ1) is 14.1. The molecular weight excluding hydrogens is 211 g/mol. The van der Waals surface area contributed by atoms with Crippen molar-refractivity contribution in [3.8, 4) is 0 Å². The Morgan fingerprint density at radius 1 is 1.36 bits per heavy atom. The normalized spacial score (nSPS) is 14.4. The molecular formula is C9H18F3NS. The molecule has 14 heavy (non-hydrogen) atoms. The maximum atomic E-state index is 11.7. The smallest absolute Gasteiger partial charge is 0.316 e. The van der Waals surface area contributed by atoms with Gasteiger partial charge in [0.25, 0.3) is 0 Å². The second-order valence-electron chi connectivity index (χ2n) is 3.39. The lowest BCUT2D eigenvalue weighted by Gasteiger charge is -2.11. The van der Waals surface area contributed by atoms with Gasteiger partial charge in [0.1, 0.15) is 0 Å². The highest BCUT2D eigenvalue weighted by Gasteiger charge is 2.27. The molecule has 1 nitrogen and oxygen atoms in total. The highest BCUT2D eigenvalue weighted by molar-refractivity contribution is 8.00. The molecule has 0 heterocycles. The van der Waals surface area contributed by atoms with Gasteiger partial charge in [-0.05, 0) is 30.6 Å². The average molecular weight is 229 g/mol. The molecule has 5 heteroatoms. The Morgan fingerprint density at radius 3 is 2.50 bits per heavy atom. The number of nitrogens with one attached hydrogen (secondary N) is 1. The van der Waals surface area contributed by atoms with E-state index in [2.05, 4.69) is 19.2 Å². The van der Waals surface area contributed by atoms with Crippen LogP contribution < -0.4 is 5.32 Å². The zero-order valence-electron chi connectivity index (χ0n) is 8.66. The van der Waals surface area contributed by atoms with Crippen molar-refractivity contribution >= 4 is 11.8 Å². The monoisotopic (exact) mass is 229 g/mol. The van der Waals surface area contributed by atoms with Gasteiger partial charge in [0.05, 0.1) is 0 Å². The minimum Gasteiger partial charge on any atom is -0.316 e. The fourth-order valence-electron chi connectivity index (χ4n) is 1.18. The van der Waals surface area contributed by atoms with E-state index in [9.17, 15) is 13.2 Å². The first-order valence-electron chi connectivity index (χ1n) is 4.87. The Kier molecular flexibility index (Phi) is 7.45. The lowest BCUT2D eigenvalue weighted by atomic mass is 10.1. The van der Waals surface area contributed by atoms with Crippen molar-refractivity contribution < 1.29 is 13.2 Å². The molecule has 1 N–H and O–H groups in total. The van der Waals surface area contributed by atoms with Crippen molar-refractivity contribution in [3.63, 3.8) is 0 Å². The van der Waals surface area contributed by atoms with Crippen LogP contribution in [0.3, 0.4) is 0 Å². The third kappa shape index (κ3) is 10.2. The summed E-state index contributed by atoms with van der Waals surface area (Å²) in [6.07, 6.45) is 2.25. The highest BCUT2D eigenvalue weighted by atomic mass is 32.2. The van der Waals surface area contributed by atoms with Gasteiger partial charge in [-0.1, -0.05) is 20.3 Å². The van der Waals surface area contributed by atoms with E-state index >= 15 is 0 Å². The lowest BCUT2D eigenvalue weighted by Crippen LogP contribution is -2.24. The number of hydrogen-bond donors (Lipinski definition) is 1. The molecule has 0 spiro atoms. The van der Waals surface area contributed by atoms with Gasteiger partial charge < -0.3 is 5.32 Å². The molecule has 0 aliphatic heterocycles. The van der Waals surface area contributed by atoms with E-state index in [1.807, 2.05) is 0 Å². The summed E-state index contributed by atoms with van der Waals surface area (Å²) in [7, 11) is 0. The quantitative estimate of drug-likeness (QED) is 0.672. The van der Waals surface area contributed by atoms with Crippen molar-refractivity contribution in [2.45, 2.75) is 32.2 Å². The van der Waals surface area contributed by atoms with Crippen LogP contribution in [0, 0.1) is 5.92 Å². The molecule has 1 atom stereocenters. The standard InChI is InChI=1S/C9H18F3NS/c1-3-4-8(2)7-13-5-6-14-9(10,11)12/h8,13H,3-7H2,1-2H3. The zero-order valence-corrected chi connectivity index (χ0v) is 9.47. The molecule has 0 rings (SSSR count). The van der Waals surface area contributed by atoms with E-state index in [1.54, 1.807) is 0 Å². The van der Waals surface area contributed by atoms with Gasteiger partial charge in [0.15, 0.2) is 0 Å². The summed E-state index contributed by atoms with van der Waals surface area (Å²) in [6, 6.07) is 0. The SMILES string of the molecule is CCCC(C)CNCCSC(F)(F)F. The summed E-state index contributed by atoms with van der Waals surface area (Å²) in [6.45, 7) is 5.45. The van der Waals surface area contributed by atoms with E-state index in [4.69, 9.17) is 0 Å². The Hall–Kier alpha value is 0.100. The Balaban J connectivity index is 3.21. The van der Waals surface area contributed by atoms with Crippen molar-refractivity contribution in [2.24, 2.45) is 5.92 Å². The van der Waals surface area contributed by atoms with Crippen molar-refractivity contribution in [2.75, 3.05) is 18.8 Å². The van der Waals surface area contributed by atoms with Crippen LogP contribution in [0.15, 0.2) is 0 Å². The molecule has 0 saturated carbocycles. The predicted molar refractivity (Wildman–Crippen MR) is 55.5 cm³/mol. The van der Waals surface area contributed by atoms with Crippen LogP contribution in [0.5, 0.6) is 0 Å². The minimum absolute atomic E-state index is 0.0361. The molecule has 0 fully saturated rings. The second kappa shape index (κ2) is 7.40. The summed E-state index contributed by atoms with van der Waals surface area (Å²) in [5, 5.41) is 3.02. The zero-order chi connectivity index (χ0) is 11.0. The van der Waals surface area contributed by atoms with Crippen LogP contribution in [0.1, 0.15) is 26.7 Å². The molecule has 0 aliphatic rings. The van der Waals surface area contributed by atoms with E-state index in [1.165, 1.54) is 0 Å². The number of halogens is 3. The fourth-order valence-corrected chi connectivity index (χ4v) is 1.66. The average Bonchev–Trinajstić information content (AvgIpc) is 2.02. The highest BCUT2D eigenvalue weighted by Crippen LogP contribution is 2.29. The van der Waals surface area contributed by atoms with Crippen LogP contribution in [0.4, 0.5) is 13.2 Å². The Morgan fingerprint density at radius 2 is 2.00 bits per heavy atom. The summed E-state index contributed by atoms with van der Waals surface area (Å²) in [4.78, 5) is 0. The van der Waals surface area contributed by atoms with Crippen LogP contribution in [0.2, 0.25) is 0 Å². The minimum atomic E-state index is -4.09. The van der Waals surface area contributed by atoms with Gasteiger partial charge in [-0.3, -0.25) is 0 Å². The van der Waals surface area contributed by atoms with Gasteiger partial charge in [0, 0.05) is 12.3 Å². The fraction of sp³-hybridized carbons (Fsp3) is 1.00. The third-order valence-electron chi connectivity index (χ3n) is 1.82. The molecule has 0 aliphatic carbocycles. The molecule has 0 bridgehead atoms. The van der Waals surface area contributed by atoms with Crippen LogP contribution >= 0.6 is 11.8 Å². The van der Waals surface area contributed by atoms with E-state index in [0.29, 0.717) is 12.5 Å². The number of thioether (sulfide) groups is 1. The van der Waals surface area contributed by atoms with Crippen LogP contribution in [-0.2, 0) is 0 Å². The summed E-state index contributed by atoms with van der Waals surface area (Å²) < 4.78 is 35.1. The van der Waals surface area contributed by atoms with Gasteiger partial charge in [0.2, 0.25) is 0 Å². The van der Waals surface area contributed by atoms with Gasteiger partial charge in [-0.15, -0.1) is 0 Å². The van der Waals surface area contributed by atoms with Gasteiger partial charge in [-0.25, -0.2) is 0 Å². The maximum Gasteiger partial charge on any atom is 0.441 e. The van der Waals surface area contributed by atoms with Gasteiger partial charge in [-0.2, -0.15) is 13.2 Å². The van der Waals surface area contributed by atoms with Gasteiger partial charge >= 0.3 is 5.51 Å². The Labute approximate surface area is 87.8 Å². The molecule has 0 saturated heterocycles. The lowest BCUT2D eigenvalue weighted by molar-refractivity contribution is -0.0327. The Bertz CT molecular complexity index is 139. The first-order chi connectivity index (χ1) is 6.45.